The molecule has 1 aromatic rings. The lowest BCUT2D eigenvalue weighted by Gasteiger charge is -2.37. The van der Waals surface area contributed by atoms with Crippen LogP contribution in [0, 0.1) is 5.92 Å². The van der Waals surface area contributed by atoms with E-state index >= 15 is 0 Å². The molecule has 3 heterocycles. The van der Waals surface area contributed by atoms with Crippen molar-refractivity contribution >= 4 is 24.1 Å². The first-order valence-electron chi connectivity index (χ1n) is 15.0. The lowest BCUT2D eigenvalue weighted by atomic mass is 9.89. The zero-order chi connectivity index (χ0) is 30.3. The van der Waals surface area contributed by atoms with Gasteiger partial charge in [0.1, 0.15) is 18.5 Å². The molecule has 0 saturated carbocycles. The second-order valence-corrected chi connectivity index (χ2v) is 11.1. The highest BCUT2D eigenvalue weighted by atomic mass is 16.6. The van der Waals surface area contributed by atoms with Gasteiger partial charge in [0, 0.05) is 39.0 Å². The third-order valence-corrected chi connectivity index (χ3v) is 7.41. The van der Waals surface area contributed by atoms with Crippen molar-refractivity contribution in [1.29, 1.82) is 0 Å². The summed E-state index contributed by atoms with van der Waals surface area (Å²) in [5.74, 6) is 0.0697. The van der Waals surface area contributed by atoms with Crippen LogP contribution in [0.4, 0.5) is 4.79 Å². The fourth-order valence-corrected chi connectivity index (χ4v) is 5.49. The summed E-state index contributed by atoms with van der Waals surface area (Å²) < 4.78 is 33.5. The van der Waals surface area contributed by atoms with E-state index in [1.165, 1.54) is 13.2 Å². The molecule has 0 aliphatic carbocycles. The van der Waals surface area contributed by atoms with Crippen molar-refractivity contribution in [3.63, 3.8) is 0 Å². The van der Waals surface area contributed by atoms with Crippen LogP contribution in [0.2, 0.25) is 0 Å². The van der Waals surface area contributed by atoms with Crippen molar-refractivity contribution in [3.05, 3.63) is 36.1 Å². The Morgan fingerprint density at radius 3 is 2.67 bits per heavy atom. The van der Waals surface area contributed by atoms with Crippen LogP contribution in [0.3, 0.4) is 0 Å². The summed E-state index contributed by atoms with van der Waals surface area (Å²) in [6.45, 7) is 4.56. The molecule has 3 rings (SSSR count). The summed E-state index contributed by atoms with van der Waals surface area (Å²) in [6, 6.07) is 0. The number of esters is 2. The van der Waals surface area contributed by atoms with Gasteiger partial charge in [-0.3, -0.25) is 4.79 Å². The van der Waals surface area contributed by atoms with Crippen LogP contribution >= 0.6 is 0 Å². The molecule has 0 spiro atoms. The molecule has 0 aromatic carbocycles. The largest absolute Gasteiger partial charge is 0.462 e. The van der Waals surface area contributed by atoms with E-state index in [-0.39, 0.29) is 42.9 Å². The monoisotopic (exact) mass is 590 g/mol. The Morgan fingerprint density at radius 2 is 1.90 bits per heavy atom. The smallest absolute Gasteiger partial charge is 0.407 e. The summed E-state index contributed by atoms with van der Waals surface area (Å²) in [5, 5.41) is 2.53. The number of hydrogen-bond acceptors (Lipinski definition) is 10. The molecule has 234 valence electrons. The number of nitrogens with zero attached hydrogens (tertiary/aromatic N) is 1. The van der Waals surface area contributed by atoms with Gasteiger partial charge in [0.05, 0.1) is 37.5 Å². The molecule has 2 aliphatic rings. The average Bonchev–Trinajstić information content (AvgIpc) is 3.39. The summed E-state index contributed by atoms with van der Waals surface area (Å²) in [6.07, 6.45) is 13.1. The molecule has 6 atom stereocenters. The maximum Gasteiger partial charge on any atom is 0.407 e. The second kappa shape index (κ2) is 17.7. The molecule has 2 fully saturated rings. The van der Waals surface area contributed by atoms with Gasteiger partial charge in [-0.15, -0.1) is 0 Å². The van der Waals surface area contributed by atoms with E-state index in [1.807, 2.05) is 0 Å². The SMILES string of the molecule is CCC[C@H]1C[C@@H](OC)C[C@H](C)C[C@@H]2C[C@@H](OC(=O)/C=C/CCc3coc(/C=C\CNC(=O)OC)n3)C[C@H](CC(=O)O1)O2. The van der Waals surface area contributed by atoms with Crippen LogP contribution in [0.1, 0.15) is 83.2 Å². The Kier molecular flexibility index (Phi) is 14.0. The molecule has 2 aliphatic heterocycles. The van der Waals surface area contributed by atoms with Gasteiger partial charge in [-0.2, -0.15) is 0 Å². The van der Waals surface area contributed by atoms with E-state index in [9.17, 15) is 14.4 Å². The average molecular weight is 591 g/mol. The molecule has 11 nitrogen and oxygen atoms in total. The third kappa shape index (κ3) is 12.0. The molecular weight excluding hydrogens is 544 g/mol. The van der Waals surface area contributed by atoms with Crippen LogP contribution in [0.5, 0.6) is 0 Å². The number of alkyl carbamates (subject to hydrolysis) is 1. The van der Waals surface area contributed by atoms with Crippen LogP contribution in [0.25, 0.3) is 6.08 Å². The van der Waals surface area contributed by atoms with E-state index in [4.69, 9.17) is 23.4 Å². The molecule has 0 radical (unpaired) electrons. The highest BCUT2D eigenvalue weighted by Crippen LogP contribution is 2.31. The summed E-state index contributed by atoms with van der Waals surface area (Å²) in [5.41, 5.74) is 0.745. The van der Waals surface area contributed by atoms with Crippen molar-refractivity contribution in [2.45, 2.75) is 109 Å². The predicted octanol–water partition coefficient (Wildman–Crippen LogP) is 4.93. The van der Waals surface area contributed by atoms with E-state index in [0.717, 1.165) is 31.4 Å². The van der Waals surface area contributed by atoms with Crippen molar-refractivity contribution in [2.75, 3.05) is 20.8 Å². The van der Waals surface area contributed by atoms with Crippen molar-refractivity contribution in [1.82, 2.24) is 10.3 Å². The standard InChI is InChI=1S/C31H46N2O9/c1-5-9-23-16-24(37-3)14-21(2)15-25-17-26(18-27(40-25)19-30(35)41-23)42-29(34)12-7-6-10-22-20-39-28(33-22)11-8-13-32-31(36)38-4/h7-8,11-12,20-21,23-27H,5-6,9-10,13-19H2,1-4H3,(H,32,36)/b11-8-,12-7+/t21-,23-,24-,25+,26+,27+/m0/s1. The zero-order valence-corrected chi connectivity index (χ0v) is 25.3. The quantitative estimate of drug-likeness (QED) is 0.215. The number of cyclic esters (lactones) is 1. The van der Waals surface area contributed by atoms with E-state index in [1.54, 1.807) is 31.6 Å². The molecular formula is C31H46N2O9. The number of aromatic nitrogens is 1. The first-order valence-corrected chi connectivity index (χ1v) is 15.0. The number of hydrogen-bond donors (Lipinski definition) is 1. The molecule has 1 N–H and O–H groups in total. The molecule has 0 unspecified atom stereocenters. The Morgan fingerprint density at radius 1 is 1.10 bits per heavy atom. The summed E-state index contributed by atoms with van der Waals surface area (Å²) in [4.78, 5) is 40.8. The number of methoxy groups -OCH3 is 2. The number of nitrogens with one attached hydrogen (secondary N) is 1. The van der Waals surface area contributed by atoms with E-state index in [0.29, 0.717) is 50.5 Å². The molecule has 11 heteroatoms. The van der Waals surface area contributed by atoms with Gasteiger partial charge in [-0.1, -0.05) is 32.4 Å². The minimum atomic E-state index is -0.513. The molecule has 1 amide bonds. The second-order valence-electron chi connectivity index (χ2n) is 11.1. The maximum absolute atomic E-state index is 12.8. The van der Waals surface area contributed by atoms with Crippen molar-refractivity contribution < 1.29 is 42.5 Å². The normalized spacial score (nSPS) is 27.2. The molecule has 2 bridgehead atoms. The topological polar surface area (TPSA) is 135 Å². The fourth-order valence-electron chi connectivity index (χ4n) is 5.49. The number of aryl methyl sites for hydroxylation is 1. The van der Waals surface area contributed by atoms with E-state index < -0.39 is 12.1 Å². The van der Waals surface area contributed by atoms with Gasteiger partial charge < -0.3 is 33.4 Å². The first kappa shape index (κ1) is 33.3. The van der Waals surface area contributed by atoms with Gasteiger partial charge in [0.2, 0.25) is 5.89 Å². The van der Waals surface area contributed by atoms with Crippen LogP contribution in [-0.2, 0) is 39.7 Å². The van der Waals surface area contributed by atoms with Crippen molar-refractivity contribution in [3.8, 4) is 0 Å². The lowest BCUT2D eigenvalue weighted by molar-refractivity contribution is -0.168. The zero-order valence-electron chi connectivity index (χ0n) is 25.3. The number of oxazole rings is 1. The summed E-state index contributed by atoms with van der Waals surface area (Å²) in [7, 11) is 3.01. The Balaban J connectivity index is 1.49. The Labute approximate surface area is 248 Å². The summed E-state index contributed by atoms with van der Waals surface area (Å²) >= 11 is 0. The number of amides is 1. The highest BCUT2D eigenvalue weighted by Gasteiger charge is 2.35. The van der Waals surface area contributed by atoms with E-state index in [2.05, 4.69) is 28.9 Å². The maximum atomic E-state index is 12.8. The number of fused-ring (bicyclic) bond motifs is 2. The number of allylic oxidation sites excluding steroid dienone is 1. The first-order chi connectivity index (χ1) is 20.3. The van der Waals surface area contributed by atoms with Crippen LogP contribution in [-0.4, -0.2) is 74.3 Å². The van der Waals surface area contributed by atoms with Gasteiger partial charge in [0.15, 0.2) is 0 Å². The molecule has 1 aromatic heterocycles. The fraction of sp³-hybridized carbons (Fsp3) is 0.677. The van der Waals surface area contributed by atoms with Gasteiger partial charge >= 0.3 is 18.0 Å². The third-order valence-electron chi connectivity index (χ3n) is 7.41. The van der Waals surface area contributed by atoms with Gasteiger partial charge in [-0.05, 0) is 44.1 Å². The van der Waals surface area contributed by atoms with Gasteiger partial charge in [0.25, 0.3) is 0 Å². The number of ether oxygens (including phenoxy) is 5. The Bertz CT molecular complexity index is 1050. The minimum Gasteiger partial charge on any atom is -0.462 e. The highest BCUT2D eigenvalue weighted by molar-refractivity contribution is 5.82. The van der Waals surface area contributed by atoms with Crippen molar-refractivity contribution in [2.24, 2.45) is 5.92 Å². The predicted molar refractivity (Wildman–Crippen MR) is 154 cm³/mol. The van der Waals surface area contributed by atoms with Crippen LogP contribution in [0.15, 0.2) is 28.9 Å². The van der Waals surface area contributed by atoms with Gasteiger partial charge in [-0.25, -0.2) is 14.6 Å². The molecule has 2 saturated heterocycles. The lowest BCUT2D eigenvalue weighted by Crippen LogP contribution is -2.41. The Hall–Kier alpha value is -3.18. The number of carbonyl (C=O) groups excluding carboxylic acids is 3. The number of carbonyl (C=O) groups is 3. The number of rotatable bonds is 11. The van der Waals surface area contributed by atoms with Crippen LogP contribution < -0.4 is 5.32 Å². The minimum absolute atomic E-state index is 0.0116. The molecule has 42 heavy (non-hydrogen) atoms.